The van der Waals surface area contributed by atoms with Gasteiger partial charge in [0.2, 0.25) is 13.2 Å². The Bertz CT molecular complexity index is 1430. The van der Waals surface area contributed by atoms with Gasteiger partial charge in [0.05, 0.1) is 13.2 Å². The Morgan fingerprint density at radius 3 is 1.55 bits per heavy atom. The second-order valence-corrected chi connectivity index (χ2v) is 21.6. The molecule has 7 heteroatoms. The molecule has 0 bridgehead atoms. The van der Waals surface area contributed by atoms with Gasteiger partial charge in [-0.25, -0.2) is 4.39 Å². The molecule has 60 heavy (non-hydrogen) atoms. The highest BCUT2D eigenvalue weighted by Gasteiger charge is 2.26. The van der Waals surface area contributed by atoms with Crippen LogP contribution in [0, 0.1) is 23.5 Å². The first-order valence-electron chi connectivity index (χ1n) is 25.4. The Hall–Kier alpha value is -1.91. The number of halogens is 2. The number of hydrogen-bond donors (Lipinski definition) is 1. The van der Waals surface area contributed by atoms with Gasteiger partial charge in [-0.05, 0) is 130 Å². The highest BCUT2D eigenvalue weighted by molar-refractivity contribution is 7.57. The van der Waals surface area contributed by atoms with Gasteiger partial charge in [-0.2, -0.15) is 4.39 Å². The third kappa shape index (κ3) is 20.1. The van der Waals surface area contributed by atoms with E-state index < -0.39 is 19.0 Å². The largest absolute Gasteiger partial charge is 0.494 e. The highest BCUT2D eigenvalue weighted by Crippen LogP contribution is 2.43. The minimum atomic E-state index is -2.99. The van der Waals surface area contributed by atoms with Crippen LogP contribution < -0.4 is 9.47 Å². The smallest absolute Gasteiger partial charge is 0.200 e. The van der Waals surface area contributed by atoms with Crippen LogP contribution in [0.5, 0.6) is 11.5 Å². The van der Waals surface area contributed by atoms with Crippen LogP contribution in [0.1, 0.15) is 236 Å². The van der Waals surface area contributed by atoms with E-state index in [0.29, 0.717) is 24.5 Å². The van der Waals surface area contributed by atoms with Gasteiger partial charge >= 0.3 is 0 Å². The van der Waals surface area contributed by atoms with Crippen LogP contribution in [0.2, 0.25) is 0 Å². The van der Waals surface area contributed by atoms with Gasteiger partial charge in [0, 0.05) is 12.3 Å². The van der Waals surface area contributed by atoms with E-state index >= 15 is 0 Å². The van der Waals surface area contributed by atoms with Crippen molar-refractivity contribution < 1.29 is 27.7 Å². The van der Waals surface area contributed by atoms with E-state index in [0.717, 1.165) is 126 Å². The van der Waals surface area contributed by atoms with Crippen LogP contribution in [0.4, 0.5) is 8.78 Å². The molecular formula is C53H87F2O4P. The average molecular weight is 857 g/mol. The highest BCUT2D eigenvalue weighted by atomic mass is 31.2. The zero-order valence-electron chi connectivity index (χ0n) is 38.4. The molecule has 4 rings (SSSR count). The molecule has 4 nitrogen and oxygen atoms in total. The summed E-state index contributed by atoms with van der Waals surface area (Å²) in [4.78, 5) is 10.5. The molecule has 0 spiro atoms. The summed E-state index contributed by atoms with van der Waals surface area (Å²) in [5.41, 5.74) is 2.02. The summed E-state index contributed by atoms with van der Waals surface area (Å²) in [6.07, 6.45) is 37.1. The molecule has 2 aliphatic carbocycles. The first kappa shape index (κ1) is 50.7. The summed E-state index contributed by atoms with van der Waals surface area (Å²) in [7, 11) is -2.99. The van der Waals surface area contributed by atoms with Crippen LogP contribution in [-0.2, 0) is 4.57 Å². The molecule has 2 aliphatic rings. The van der Waals surface area contributed by atoms with Crippen molar-refractivity contribution in [2.45, 2.75) is 225 Å². The van der Waals surface area contributed by atoms with E-state index in [1.54, 1.807) is 12.1 Å². The fourth-order valence-electron chi connectivity index (χ4n) is 10.0. The minimum Gasteiger partial charge on any atom is -0.494 e. The number of ether oxygens (including phenoxy) is 2. The second kappa shape index (κ2) is 30.2. The number of unbranched alkanes of at least 4 members (excludes halogenated alkanes) is 18. The summed E-state index contributed by atoms with van der Waals surface area (Å²) in [6, 6.07) is 12.3. The van der Waals surface area contributed by atoms with Gasteiger partial charge in [-0.3, -0.25) is 4.57 Å². The van der Waals surface area contributed by atoms with Gasteiger partial charge in [-0.15, -0.1) is 0 Å². The SMILES string of the molecule is CCCCCC1CCC(c2ccc(OCCCCCCCCCCCP(=O)(O)CCCCCCCCCCCOc3ccc(C4CCC(CC)CC4)c(F)c3F)cc2)CC1. The molecule has 1 N–H and O–H groups in total. The molecule has 2 aromatic carbocycles. The van der Waals surface area contributed by atoms with E-state index in [2.05, 4.69) is 38.1 Å². The van der Waals surface area contributed by atoms with Crippen molar-refractivity contribution in [1.82, 2.24) is 0 Å². The molecule has 0 amide bonds. The lowest BCUT2D eigenvalue weighted by Gasteiger charge is -2.29. The maximum Gasteiger partial charge on any atom is 0.200 e. The summed E-state index contributed by atoms with van der Waals surface area (Å²) in [5, 5.41) is 0. The summed E-state index contributed by atoms with van der Waals surface area (Å²) < 4.78 is 53.9. The van der Waals surface area contributed by atoms with Gasteiger partial charge in [0.25, 0.3) is 0 Å². The zero-order valence-corrected chi connectivity index (χ0v) is 39.3. The Kier molecular flexibility index (Phi) is 25.6. The lowest BCUT2D eigenvalue weighted by Crippen LogP contribution is -2.14. The number of rotatable bonds is 33. The van der Waals surface area contributed by atoms with Crippen molar-refractivity contribution >= 4 is 7.37 Å². The predicted molar refractivity (Wildman–Crippen MR) is 250 cm³/mol. The third-order valence-corrected chi connectivity index (χ3v) is 16.2. The second-order valence-electron chi connectivity index (χ2n) is 19.0. The topological polar surface area (TPSA) is 55.8 Å². The third-order valence-electron chi connectivity index (χ3n) is 14.2. The van der Waals surface area contributed by atoms with Gasteiger partial charge in [0.15, 0.2) is 11.6 Å². The fourth-order valence-corrected chi connectivity index (χ4v) is 11.7. The molecule has 2 fully saturated rings. The monoisotopic (exact) mass is 857 g/mol. The number of hydrogen-bond acceptors (Lipinski definition) is 3. The minimum absolute atomic E-state index is 0.0388. The van der Waals surface area contributed by atoms with Gasteiger partial charge < -0.3 is 14.4 Å². The van der Waals surface area contributed by atoms with Crippen molar-refractivity contribution in [2.75, 3.05) is 25.5 Å². The average Bonchev–Trinajstić information content (AvgIpc) is 3.26. The Balaban J connectivity index is 0.873. The first-order chi connectivity index (χ1) is 29.3. The van der Waals surface area contributed by atoms with Crippen molar-refractivity contribution in [3.63, 3.8) is 0 Å². The maximum atomic E-state index is 14.8. The molecule has 0 radical (unpaired) electrons. The van der Waals surface area contributed by atoms with Crippen molar-refractivity contribution in [2.24, 2.45) is 11.8 Å². The molecule has 0 aromatic heterocycles. The van der Waals surface area contributed by atoms with Gasteiger partial charge in [-0.1, -0.05) is 154 Å². The van der Waals surface area contributed by atoms with E-state index in [4.69, 9.17) is 9.47 Å². The van der Waals surface area contributed by atoms with Crippen LogP contribution in [0.3, 0.4) is 0 Å². The molecule has 1 unspecified atom stereocenters. The normalized spacial score (nSPS) is 20.6. The first-order valence-corrected chi connectivity index (χ1v) is 27.5. The standard InChI is InChI=1S/C53H87F2O4P/c1-3-5-20-25-45-28-30-46(31-29-45)47-34-36-49(37-35-47)58-40-21-16-12-8-6-10-14-18-23-42-60(56,57)43-24-19-15-11-7-9-13-17-22-41-59-51-39-38-50(52(54)53(51)55)48-32-26-44(4-2)27-33-48/h34-39,44-46,48H,3-33,40-43H2,1-2H3,(H,56,57). The quantitative estimate of drug-likeness (QED) is 0.0574. The molecule has 2 aromatic rings. The van der Waals surface area contributed by atoms with Crippen LogP contribution in [-0.4, -0.2) is 30.4 Å². The van der Waals surface area contributed by atoms with Crippen molar-refractivity contribution in [3.8, 4) is 11.5 Å². The molecule has 1 atom stereocenters. The molecule has 0 saturated heterocycles. The summed E-state index contributed by atoms with van der Waals surface area (Å²) in [5.74, 6) is 2.04. The molecule has 2 saturated carbocycles. The van der Waals surface area contributed by atoms with Crippen LogP contribution in [0.25, 0.3) is 0 Å². The predicted octanol–water partition coefficient (Wildman–Crippen LogP) is 17.3. The zero-order chi connectivity index (χ0) is 42.7. The maximum absolute atomic E-state index is 14.8. The summed E-state index contributed by atoms with van der Waals surface area (Å²) in [6.45, 7) is 5.71. The van der Waals surface area contributed by atoms with Gasteiger partial charge in [0.1, 0.15) is 5.75 Å². The Labute approximate surface area is 366 Å². The van der Waals surface area contributed by atoms with Crippen molar-refractivity contribution in [1.29, 1.82) is 0 Å². The van der Waals surface area contributed by atoms with Crippen LogP contribution >= 0.6 is 7.37 Å². The lowest BCUT2D eigenvalue weighted by atomic mass is 9.77. The molecular weight excluding hydrogens is 770 g/mol. The Morgan fingerprint density at radius 2 is 1.02 bits per heavy atom. The van der Waals surface area contributed by atoms with Crippen molar-refractivity contribution in [3.05, 3.63) is 59.2 Å². The van der Waals surface area contributed by atoms with E-state index in [1.807, 2.05) is 0 Å². The lowest BCUT2D eigenvalue weighted by molar-refractivity contribution is 0.281. The van der Waals surface area contributed by atoms with E-state index in [-0.39, 0.29) is 11.7 Å². The fraction of sp³-hybridized carbons (Fsp3) is 0.774. The summed E-state index contributed by atoms with van der Waals surface area (Å²) >= 11 is 0. The molecule has 0 aliphatic heterocycles. The van der Waals surface area contributed by atoms with Crippen LogP contribution in [0.15, 0.2) is 36.4 Å². The molecule has 0 heterocycles. The Morgan fingerprint density at radius 1 is 0.533 bits per heavy atom. The van der Waals surface area contributed by atoms with E-state index in [9.17, 15) is 18.2 Å². The van der Waals surface area contributed by atoms with E-state index in [1.165, 1.54) is 108 Å². The molecule has 342 valence electrons. The number of benzene rings is 2.